The van der Waals surface area contributed by atoms with Crippen LogP contribution in [-0.2, 0) is 9.59 Å². The number of aryl methyl sites for hydroxylation is 1. The van der Waals surface area contributed by atoms with Crippen molar-refractivity contribution in [3.63, 3.8) is 0 Å². The van der Waals surface area contributed by atoms with E-state index in [0.717, 1.165) is 18.7 Å². The van der Waals surface area contributed by atoms with Gasteiger partial charge in [-0.05, 0) is 67.4 Å². The Kier molecular flexibility index (Phi) is 9.21. The Morgan fingerprint density at radius 2 is 1.81 bits per heavy atom. The summed E-state index contributed by atoms with van der Waals surface area (Å²) in [7, 11) is 1.43. The zero-order chi connectivity index (χ0) is 27.3. The number of carbonyl (C=O) groups is 2. The summed E-state index contributed by atoms with van der Waals surface area (Å²) in [5.74, 6) is -0.457. The molecular weight excluding hydrogens is 472 g/mol. The average Bonchev–Trinajstić information content (AvgIpc) is 3.13. The van der Waals surface area contributed by atoms with Crippen LogP contribution in [0.4, 0.5) is 0 Å². The predicted octanol–water partition coefficient (Wildman–Crippen LogP) is 4.51. The van der Waals surface area contributed by atoms with Crippen molar-refractivity contribution < 1.29 is 29.3 Å². The van der Waals surface area contributed by atoms with Crippen molar-refractivity contribution in [2.75, 3.05) is 39.9 Å². The molecule has 3 rings (SSSR count). The number of amides is 1. The lowest BCUT2D eigenvalue weighted by Gasteiger charge is -2.28. The highest BCUT2D eigenvalue weighted by molar-refractivity contribution is 6.46. The van der Waals surface area contributed by atoms with Crippen molar-refractivity contribution in [2.45, 2.75) is 40.7 Å². The van der Waals surface area contributed by atoms with E-state index in [1.165, 1.54) is 18.1 Å². The van der Waals surface area contributed by atoms with Crippen LogP contribution < -0.4 is 9.47 Å². The third-order valence-corrected chi connectivity index (χ3v) is 6.65. The van der Waals surface area contributed by atoms with Gasteiger partial charge in [-0.15, -0.1) is 0 Å². The van der Waals surface area contributed by atoms with E-state index in [-0.39, 0.29) is 22.8 Å². The number of Topliss-reactive ketones (excluding diaryl/α,β-unsaturated/α-hetero) is 1. The van der Waals surface area contributed by atoms with Gasteiger partial charge in [-0.2, -0.15) is 0 Å². The molecule has 1 saturated heterocycles. The second kappa shape index (κ2) is 12.1. The average molecular weight is 511 g/mol. The smallest absolute Gasteiger partial charge is 0.295 e. The van der Waals surface area contributed by atoms with E-state index in [1.807, 2.05) is 26.8 Å². The molecule has 1 heterocycles. The summed E-state index contributed by atoms with van der Waals surface area (Å²) in [4.78, 5) is 30.2. The zero-order valence-electron chi connectivity index (χ0n) is 22.6. The van der Waals surface area contributed by atoms with Gasteiger partial charge in [-0.3, -0.25) is 9.59 Å². The van der Waals surface area contributed by atoms with Crippen LogP contribution in [0, 0.1) is 12.8 Å². The summed E-state index contributed by atoms with van der Waals surface area (Å²) in [6.45, 7) is 13.1. The van der Waals surface area contributed by atoms with Gasteiger partial charge in [0.25, 0.3) is 11.7 Å². The highest BCUT2D eigenvalue weighted by Gasteiger charge is 2.46. The van der Waals surface area contributed by atoms with Crippen LogP contribution in [0.3, 0.4) is 0 Å². The number of aliphatic hydroxyl groups excluding tert-OH is 1. The maximum absolute atomic E-state index is 13.3. The number of benzene rings is 2. The number of aromatic hydroxyl groups is 1. The summed E-state index contributed by atoms with van der Waals surface area (Å²) in [6.07, 6.45) is 0. The number of phenols is 1. The topological polar surface area (TPSA) is 99.5 Å². The molecule has 37 heavy (non-hydrogen) atoms. The molecule has 2 aromatic rings. The SMILES string of the molecule is CCN(CC)CCN1C(=O)C(=O)/C(=C(/O)c2ccc(OCC(C)C)cc2C)[C@@H]1c1ccc(O)c(OC)c1. The van der Waals surface area contributed by atoms with E-state index in [1.54, 1.807) is 24.3 Å². The van der Waals surface area contributed by atoms with Gasteiger partial charge < -0.3 is 29.5 Å². The first-order chi connectivity index (χ1) is 17.6. The Labute approximate surface area is 219 Å². The summed E-state index contributed by atoms with van der Waals surface area (Å²) in [6, 6.07) is 9.14. The molecule has 200 valence electrons. The number of hydrogen-bond donors (Lipinski definition) is 2. The fraction of sp³-hybridized carbons (Fsp3) is 0.448. The van der Waals surface area contributed by atoms with E-state index >= 15 is 0 Å². The minimum Gasteiger partial charge on any atom is -0.507 e. The number of methoxy groups -OCH3 is 1. The van der Waals surface area contributed by atoms with Crippen molar-refractivity contribution in [3.8, 4) is 17.2 Å². The summed E-state index contributed by atoms with van der Waals surface area (Å²) in [5, 5.41) is 21.6. The molecule has 2 N–H and O–H groups in total. The molecule has 8 heteroatoms. The molecule has 1 aliphatic heterocycles. The van der Waals surface area contributed by atoms with Crippen molar-refractivity contribution >= 4 is 17.4 Å². The Bertz CT molecular complexity index is 1170. The molecule has 0 spiro atoms. The number of rotatable bonds is 11. The Morgan fingerprint density at radius 1 is 1.11 bits per heavy atom. The molecule has 0 bridgehead atoms. The largest absolute Gasteiger partial charge is 0.507 e. The normalized spacial score (nSPS) is 17.2. The van der Waals surface area contributed by atoms with Crippen molar-refractivity contribution in [1.82, 2.24) is 9.80 Å². The van der Waals surface area contributed by atoms with Gasteiger partial charge in [0.1, 0.15) is 11.5 Å². The highest BCUT2D eigenvalue weighted by atomic mass is 16.5. The quantitative estimate of drug-likeness (QED) is 0.261. The fourth-order valence-corrected chi connectivity index (χ4v) is 4.51. The van der Waals surface area contributed by atoms with Crippen molar-refractivity contribution in [3.05, 3.63) is 58.7 Å². The van der Waals surface area contributed by atoms with Gasteiger partial charge in [-0.25, -0.2) is 0 Å². The number of likely N-dealkylation sites (N-methyl/N-ethyl adjacent to an activating group) is 1. The Morgan fingerprint density at radius 3 is 2.41 bits per heavy atom. The summed E-state index contributed by atoms with van der Waals surface area (Å²) >= 11 is 0. The summed E-state index contributed by atoms with van der Waals surface area (Å²) < 4.78 is 11.1. The molecule has 0 unspecified atom stereocenters. The second-order valence-corrected chi connectivity index (χ2v) is 9.63. The van der Waals surface area contributed by atoms with E-state index < -0.39 is 17.7 Å². The molecule has 1 atom stereocenters. The number of phenolic OH excluding ortho intramolecular Hbond substituents is 1. The summed E-state index contributed by atoms with van der Waals surface area (Å²) in [5.41, 5.74) is 1.74. The van der Waals surface area contributed by atoms with Crippen LogP contribution in [-0.4, -0.2) is 71.6 Å². The number of hydrogen-bond acceptors (Lipinski definition) is 7. The number of carbonyl (C=O) groups excluding carboxylic acids is 2. The van der Waals surface area contributed by atoms with Crippen molar-refractivity contribution in [1.29, 1.82) is 0 Å². The van der Waals surface area contributed by atoms with Crippen LogP contribution >= 0.6 is 0 Å². The van der Waals surface area contributed by atoms with Gasteiger partial charge in [0, 0.05) is 18.7 Å². The van der Waals surface area contributed by atoms with Gasteiger partial charge in [0.05, 0.1) is 25.3 Å². The number of likely N-dealkylation sites (tertiary alicyclic amines) is 1. The number of aliphatic hydroxyl groups is 1. The molecule has 1 aliphatic rings. The fourth-order valence-electron chi connectivity index (χ4n) is 4.51. The number of nitrogens with zero attached hydrogens (tertiary/aromatic N) is 2. The van der Waals surface area contributed by atoms with E-state index in [2.05, 4.69) is 18.7 Å². The lowest BCUT2D eigenvalue weighted by atomic mass is 9.93. The molecule has 0 aliphatic carbocycles. The van der Waals surface area contributed by atoms with Crippen LogP contribution in [0.2, 0.25) is 0 Å². The second-order valence-electron chi connectivity index (χ2n) is 9.63. The molecular formula is C29H38N2O6. The van der Waals surface area contributed by atoms with Gasteiger partial charge in [0.15, 0.2) is 11.5 Å². The monoisotopic (exact) mass is 510 g/mol. The first kappa shape index (κ1) is 28.1. The molecule has 2 aromatic carbocycles. The third kappa shape index (κ3) is 6.07. The van der Waals surface area contributed by atoms with E-state index in [0.29, 0.717) is 42.5 Å². The lowest BCUT2D eigenvalue weighted by Crippen LogP contribution is -2.38. The van der Waals surface area contributed by atoms with Crippen LogP contribution in [0.1, 0.15) is 50.4 Å². The Balaban J connectivity index is 2.11. The molecule has 8 nitrogen and oxygen atoms in total. The first-order valence-corrected chi connectivity index (χ1v) is 12.7. The maximum atomic E-state index is 13.3. The van der Waals surface area contributed by atoms with E-state index in [9.17, 15) is 19.8 Å². The highest BCUT2D eigenvalue weighted by Crippen LogP contribution is 2.42. The first-order valence-electron chi connectivity index (χ1n) is 12.7. The maximum Gasteiger partial charge on any atom is 0.295 e. The van der Waals surface area contributed by atoms with E-state index in [4.69, 9.17) is 9.47 Å². The van der Waals surface area contributed by atoms with Crippen LogP contribution in [0.5, 0.6) is 17.2 Å². The minimum absolute atomic E-state index is 0.0104. The third-order valence-electron chi connectivity index (χ3n) is 6.65. The molecule has 0 aromatic heterocycles. The number of ether oxygens (including phenoxy) is 2. The van der Waals surface area contributed by atoms with Gasteiger partial charge in [0.2, 0.25) is 0 Å². The zero-order valence-corrected chi connectivity index (χ0v) is 22.6. The molecule has 0 radical (unpaired) electrons. The standard InChI is InChI=1S/C29H38N2O6/c1-7-30(8-2)13-14-31-26(20-9-12-23(32)24(16-20)36-6)25(28(34)29(31)35)27(33)22-11-10-21(15-19(22)5)37-17-18(3)4/h9-12,15-16,18,26,32-33H,7-8,13-14,17H2,1-6H3/b27-25+/t26-/m0/s1. The lowest BCUT2D eigenvalue weighted by molar-refractivity contribution is -0.140. The number of ketones is 1. The van der Waals surface area contributed by atoms with Crippen LogP contribution in [0.15, 0.2) is 42.0 Å². The Hall–Kier alpha value is -3.52. The predicted molar refractivity (Wildman–Crippen MR) is 143 cm³/mol. The van der Waals surface area contributed by atoms with Crippen molar-refractivity contribution in [2.24, 2.45) is 5.92 Å². The van der Waals surface area contributed by atoms with Gasteiger partial charge >= 0.3 is 0 Å². The van der Waals surface area contributed by atoms with Gasteiger partial charge in [-0.1, -0.05) is 33.8 Å². The molecule has 1 amide bonds. The molecule has 1 fully saturated rings. The minimum atomic E-state index is -0.832. The van der Waals surface area contributed by atoms with Crippen LogP contribution in [0.25, 0.3) is 5.76 Å². The molecule has 0 saturated carbocycles.